The summed E-state index contributed by atoms with van der Waals surface area (Å²) in [5, 5.41) is 12.1. The standard InChI is InChI=1S/C37H31NP2.2CO.2ClH.W/c1-5-18-31(19-6-1)39(32-20-7-2-8-21-32)36-27-15-13-17-30(36)29-38-35-26-14-16-28-37(35)40(33-22-9-3-10-23-33)34-24-11-4-12-25-34;2*1-2;;;/h1-28,38H,29H2;;;2*1H;/q;;;;;+2/p-2. The van der Waals surface area contributed by atoms with E-state index in [0.29, 0.717) is 0 Å². The number of nitrogens with one attached hydrogen (secondary N) is 1. The average Bonchev–Trinajstić information content (AvgIpc) is 3.16. The molecule has 0 fully saturated rings. The minimum Gasteiger partial charge on any atom is -0.380 e. The van der Waals surface area contributed by atoms with Crippen molar-refractivity contribution < 1.29 is 25.8 Å². The molecule has 0 aromatic heterocycles. The Morgan fingerprint density at radius 1 is 0.447 bits per heavy atom. The second-order valence-corrected chi connectivity index (χ2v) is 18.2. The van der Waals surface area contributed by atoms with Crippen molar-refractivity contribution in [1.82, 2.24) is 0 Å². The van der Waals surface area contributed by atoms with Crippen molar-refractivity contribution >= 4 is 72.2 Å². The fraction of sp³-hybridized carbons (Fsp3) is 0.0256. The fourth-order valence-corrected chi connectivity index (χ4v) is 9.95. The van der Waals surface area contributed by atoms with Gasteiger partial charge in [-0.2, -0.15) is 0 Å². The first-order valence-electron chi connectivity index (χ1n) is 14.3. The van der Waals surface area contributed by atoms with E-state index in [0.717, 1.165) is 6.54 Å². The van der Waals surface area contributed by atoms with Gasteiger partial charge in [0.1, 0.15) is 0 Å². The monoisotopic (exact) mass is 861 g/mol. The van der Waals surface area contributed by atoms with Gasteiger partial charge in [0.05, 0.1) is 0 Å². The van der Waals surface area contributed by atoms with Crippen LogP contribution in [-0.2, 0) is 32.3 Å². The molecule has 0 saturated heterocycles. The van der Waals surface area contributed by atoms with E-state index in [2.05, 4.69) is 188 Å². The first-order chi connectivity index (χ1) is 23.3. The van der Waals surface area contributed by atoms with Crippen LogP contribution in [0.1, 0.15) is 5.56 Å². The predicted octanol–water partition coefficient (Wildman–Crippen LogP) is 8.12. The van der Waals surface area contributed by atoms with Gasteiger partial charge in [-0.15, -0.1) is 0 Å². The molecule has 6 rings (SSSR count). The van der Waals surface area contributed by atoms with Crippen LogP contribution in [0.5, 0.6) is 0 Å². The van der Waals surface area contributed by atoms with Crippen molar-refractivity contribution in [3.05, 3.63) is 189 Å². The Kier molecular flexibility index (Phi) is 18.1. The molecule has 0 radical (unpaired) electrons. The first-order valence-corrected chi connectivity index (χ1v) is 24.3. The number of benzene rings is 6. The summed E-state index contributed by atoms with van der Waals surface area (Å²) in [6.45, 7) is 9.76. The molecule has 6 aromatic carbocycles. The van der Waals surface area contributed by atoms with Crippen LogP contribution in [0, 0.1) is 13.3 Å². The van der Waals surface area contributed by atoms with Gasteiger partial charge >= 0.3 is 57.9 Å². The number of hydrogen-bond donors (Lipinski definition) is 1. The molecule has 0 aliphatic rings. The molecule has 8 heteroatoms. The minimum atomic E-state index is -0.806. The van der Waals surface area contributed by atoms with Gasteiger partial charge in [0.15, 0.2) is 0 Å². The normalized spacial score (nSPS) is 9.87. The molecule has 0 heterocycles. The Bertz CT molecular complexity index is 1570. The van der Waals surface area contributed by atoms with Crippen LogP contribution in [0.15, 0.2) is 170 Å². The zero-order valence-corrected chi connectivity index (χ0v) is 31.5. The third-order valence-electron chi connectivity index (χ3n) is 6.90. The van der Waals surface area contributed by atoms with Crippen LogP contribution in [0.4, 0.5) is 5.69 Å². The van der Waals surface area contributed by atoms with Crippen molar-refractivity contribution in [1.29, 1.82) is 0 Å². The van der Waals surface area contributed by atoms with E-state index in [1.54, 1.807) is 0 Å². The summed E-state index contributed by atoms with van der Waals surface area (Å²) in [5.74, 6) is 0. The molecular weight excluding hydrogens is 831 g/mol. The molecule has 0 saturated carbocycles. The fourth-order valence-electron chi connectivity index (χ4n) is 5.05. The Labute approximate surface area is 296 Å². The maximum atomic E-state index is 7.50. The van der Waals surface area contributed by atoms with Gasteiger partial charge in [-0.25, -0.2) is 0 Å². The summed E-state index contributed by atoms with van der Waals surface area (Å²) >= 11 is -0.806. The Morgan fingerprint density at radius 3 is 1.15 bits per heavy atom. The molecule has 47 heavy (non-hydrogen) atoms. The maximum absolute atomic E-state index is 7.50. The number of rotatable bonds is 9. The summed E-state index contributed by atoms with van der Waals surface area (Å²) in [6.07, 6.45) is 0. The van der Waals surface area contributed by atoms with E-state index >= 15 is 0 Å². The molecule has 0 aliphatic carbocycles. The SMILES string of the molecule is [C-]#[O+].[C-]#[O+].[Cl][W][Cl].c1ccc(P(c2ccccc2)c2ccccc2CNc2ccccc2P(c2ccccc2)c2ccccc2)cc1. The second kappa shape index (κ2) is 22.3. The number of anilines is 1. The summed E-state index contributed by atoms with van der Waals surface area (Å²) < 4.78 is 15.0. The molecule has 0 aliphatic heterocycles. The molecule has 0 atom stereocenters. The van der Waals surface area contributed by atoms with Crippen LogP contribution in [0.2, 0.25) is 0 Å². The van der Waals surface area contributed by atoms with Crippen molar-refractivity contribution in [3.8, 4) is 0 Å². The second-order valence-electron chi connectivity index (χ2n) is 9.57. The van der Waals surface area contributed by atoms with E-state index in [1.807, 2.05) is 0 Å². The summed E-state index contributed by atoms with van der Waals surface area (Å²) in [7, 11) is 8.49. The number of para-hydroxylation sites is 1. The van der Waals surface area contributed by atoms with Crippen LogP contribution in [0.25, 0.3) is 0 Å². The Balaban J connectivity index is 0.000000799. The molecular formula is C39H31Cl2NO2P2W. The van der Waals surface area contributed by atoms with Gasteiger partial charge in [0.25, 0.3) is 0 Å². The quantitative estimate of drug-likeness (QED) is 0.0893. The average molecular weight is 862 g/mol. The molecule has 1 N–H and O–H groups in total. The first kappa shape index (κ1) is 38.2. The van der Waals surface area contributed by atoms with E-state index < -0.39 is 32.3 Å². The van der Waals surface area contributed by atoms with E-state index in [-0.39, 0.29) is 0 Å². The smallest absolute Gasteiger partial charge is 0.0427 e. The van der Waals surface area contributed by atoms with Gasteiger partial charge in [0.2, 0.25) is 0 Å². The zero-order chi connectivity index (χ0) is 33.7. The Morgan fingerprint density at radius 2 is 0.745 bits per heavy atom. The van der Waals surface area contributed by atoms with E-state index in [4.69, 9.17) is 28.1 Å². The third-order valence-corrected chi connectivity index (χ3v) is 12.0. The molecule has 0 unspecified atom stereocenters. The molecule has 0 amide bonds. The molecule has 234 valence electrons. The number of halogens is 2. The van der Waals surface area contributed by atoms with Crippen LogP contribution >= 0.6 is 34.7 Å². The molecule has 0 bridgehead atoms. The summed E-state index contributed by atoms with van der Waals surface area (Å²) in [4.78, 5) is 0. The van der Waals surface area contributed by atoms with Crippen LogP contribution in [-0.4, -0.2) is 0 Å². The third kappa shape index (κ3) is 11.2. The Hall–Kier alpha value is -3.27. The van der Waals surface area contributed by atoms with E-state index in [1.165, 1.54) is 43.1 Å². The summed E-state index contributed by atoms with van der Waals surface area (Å²) in [5.41, 5.74) is 2.53. The number of hydrogen-bond acceptors (Lipinski definition) is 1. The predicted molar refractivity (Wildman–Crippen MR) is 197 cm³/mol. The summed E-state index contributed by atoms with van der Waals surface area (Å²) in [6, 6.07) is 61.5. The van der Waals surface area contributed by atoms with Crippen molar-refractivity contribution in [2.24, 2.45) is 0 Å². The van der Waals surface area contributed by atoms with E-state index in [9.17, 15) is 0 Å². The van der Waals surface area contributed by atoms with Gasteiger partial charge < -0.3 is 5.32 Å². The van der Waals surface area contributed by atoms with Gasteiger partial charge in [-0.1, -0.05) is 164 Å². The van der Waals surface area contributed by atoms with Gasteiger partial charge in [-0.05, 0) is 54.0 Å². The van der Waals surface area contributed by atoms with Gasteiger partial charge in [0, 0.05) is 17.5 Å². The van der Waals surface area contributed by atoms with Crippen molar-refractivity contribution in [2.75, 3.05) is 5.32 Å². The van der Waals surface area contributed by atoms with Crippen LogP contribution in [0.3, 0.4) is 0 Å². The van der Waals surface area contributed by atoms with Crippen LogP contribution < -0.4 is 37.1 Å². The molecule has 6 aromatic rings. The zero-order valence-electron chi connectivity index (χ0n) is 25.2. The van der Waals surface area contributed by atoms with Crippen molar-refractivity contribution in [2.45, 2.75) is 6.54 Å². The molecule has 0 spiro atoms. The maximum Gasteiger partial charge on any atom is 0.0427 e. The topological polar surface area (TPSA) is 51.8 Å². The minimum absolute atomic E-state index is 0.676. The van der Waals surface area contributed by atoms with Gasteiger partial charge in [-0.3, -0.25) is 0 Å². The largest absolute Gasteiger partial charge is 0.380 e. The molecule has 3 nitrogen and oxygen atoms in total. The van der Waals surface area contributed by atoms with Crippen molar-refractivity contribution in [3.63, 3.8) is 0 Å².